The van der Waals surface area contributed by atoms with Crippen LogP contribution in [0, 0.1) is 17.0 Å². The zero-order chi connectivity index (χ0) is 14.7. The highest BCUT2D eigenvalue weighted by Crippen LogP contribution is 2.33. The highest BCUT2D eigenvalue weighted by atomic mass is 16.6. The Balaban J connectivity index is 2.11. The monoisotopic (exact) mass is 279 g/mol. The molecule has 0 N–H and O–H groups in total. The van der Waals surface area contributed by atoms with Crippen LogP contribution in [0.1, 0.15) is 25.3 Å². The number of Topliss-reactive ketones (excluding diaryl/α,β-unsaturated/α-hetero) is 1. The number of ketones is 1. The number of nitrogens with zero attached hydrogens (tertiary/aromatic N) is 1. The quantitative estimate of drug-likeness (QED) is 0.590. The van der Waals surface area contributed by atoms with E-state index in [1.807, 2.05) is 13.8 Å². The molecule has 1 aliphatic carbocycles. The molecule has 1 aromatic rings. The topological polar surface area (TPSA) is 78.7 Å². The van der Waals surface area contributed by atoms with E-state index in [-0.39, 0.29) is 23.6 Å². The van der Waals surface area contributed by atoms with Crippen LogP contribution >= 0.6 is 0 Å². The Hall–Kier alpha value is -1.95. The number of aryl methyl sites for hydroxylation is 1. The summed E-state index contributed by atoms with van der Waals surface area (Å²) in [4.78, 5) is 22.0. The highest BCUT2D eigenvalue weighted by Gasteiger charge is 2.43. The number of carbonyl (C=O) groups is 1. The molecule has 0 heterocycles. The van der Waals surface area contributed by atoms with Crippen molar-refractivity contribution in [2.24, 2.45) is 0 Å². The SMILES string of the molecule is CCCOC1C(=O)CC1Oc1cc(C)ccc1[N+](=O)[O-]. The molecule has 1 aromatic carbocycles. The largest absolute Gasteiger partial charge is 0.480 e. The Bertz CT molecular complexity index is 528. The van der Waals surface area contributed by atoms with Crippen molar-refractivity contribution in [3.8, 4) is 5.75 Å². The molecule has 2 atom stereocenters. The Labute approximate surface area is 116 Å². The first-order valence-corrected chi connectivity index (χ1v) is 6.59. The number of nitro benzene ring substituents is 1. The first-order valence-electron chi connectivity index (χ1n) is 6.59. The second kappa shape index (κ2) is 6.00. The van der Waals surface area contributed by atoms with E-state index in [1.165, 1.54) is 6.07 Å². The molecule has 0 aliphatic heterocycles. The van der Waals surface area contributed by atoms with Gasteiger partial charge < -0.3 is 9.47 Å². The van der Waals surface area contributed by atoms with Gasteiger partial charge in [0.2, 0.25) is 0 Å². The first kappa shape index (κ1) is 14.5. The molecule has 0 radical (unpaired) electrons. The standard InChI is InChI=1S/C14H17NO5/c1-3-6-19-14-11(16)8-13(14)20-12-7-9(2)4-5-10(12)15(17)18/h4-5,7,13-14H,3,6,8H2,1-2H3. The van der Waals surface area contributed by atoms with E-state index in [0.29, 0.717) is 6.61 Å². The van der Waals surface area contributed by atoms with Gasteiger partial charge in [0.1, 0.15) is 6.10 Å². The number of rotatable bonds is 6. The van der Waals surface area contributed by atoms with Crippen molar-refractivity contribution in [2.45, 2.75) is 38.9 Å². The summed E-state index contributed by atoms with van der Waals surface area (Å²) in [5.41, 5.74) is 0.770. The number of hydrogen-bond acceptors (Lipinski definition) is 5. The summed E-state index contributed by atoms with van der Waals surface area (Å²) >= 11 is 0. The summed E-state index contributed by atoms with van der Waals surface area (Å²) in [6.45, 7) is 4.25. The predicted molar refractivity (Wildman–Crippen MR) is 71.9 cm³/mol. The summed E-state index contributed by atoms with van der Waals surface area (Å²) in [6.07, 6.45) is 0.00484. The van der Waals surface area contributed by atoms with Gasteiger partial charge in [-0.3, -0.25) is 14.9 Å². The highest BCUT2D eigenvalue weighted by molar-refractivity contribution is 5.90. The fourth-order valence-electron chi connectivity index (χ4n) is 2.05. The van der Waals surface area contributed by atoms with Crippen LogP contribution in [0.2, 0.25) is 0 Å². The fraction of sp³-hybridized carbons (Fsp3) is 0.500. The lowest BCUT2D eigenvalue weighted by atomic mass is 9.90. The minimum atomic E-state index is -0.602. The molecule has 6 heteroatoms. The zero-order valence-corrected chi connectivity index (χ0v) is 11.5. The van der Waals surface area contributed by atoms with Gasteiger partial charge >= 0.3 is 5.69 Å². The van der Waals surface area contributed by atoms with E-state index in [2.05, 4.69) is 0 Å². The van der Waals surface area contributed by atoms with Gasteiger partial charge in [-0.25, -0.2) is 0 Å². The molecule has 6 nitrogen and oxygen atoms in total. The maximum atomic E-state index is 11.5. The smallest absolute Gasteiger partial charge is 0.310 e. The Morgan fingerprint density at radius 2 is 2.20 bits per heavy atom. The molecule has 1 saturated carbocycles. The molecular weight excluding hydrogens is 262 g/mol. The average molecular weight is 279 g/mol. The van der Waals surface area contributed by atoms with Crippen LogP contribution in [-0.4, -0.2) is 29.5 Å². The van der Waals surface area contributed by atoms with Crippen molar-refractivity contribution < 1.29 is 19.2 Å². The van der Waals surface area contributed by atoms with Crippen molar-refractivity contribution >= 4 is 11.5 Å². The van der Waals surface area contributed by atoms with Gasteiger partial charge in [-0.2, -0.15) is 0 Å². The Kier molecular flexibility index (Phi) is 4.34. The molecule has 0 spiro atoms. The second-order valence-electron chi connectivity index (χ2n) is 4.85. The third-order valence-corrected chi connectivity index (χ3v) is 3.15. The number of nitro groups is 1. The molecule has 20 heavy (non-hydrogen) atoms. The minimum Gasteiger partial charge on any atom is -0.480 e. The van der Waals surface area contributed by atoms with Crippen LogP contribution in [0.3, 0.4) is 0 Å². The summed E-state index contributed by atoms with van der Waals surface area (Å²) in [5, 5.41) is 11.0. The van der Waals surface area contributed by atoms with Gasteiger partial charge in [0, 0.05) is 19.1 Å². The third kappa shape index (κ3) is 2.96. The summed E-state index contributed by atoms with van der Waals surface area (Å²) < 4.78 is 11.0. The number of hydrogen-bond donors (Lipinski definition) is 0. The zero-order valence-electron chi connectivity index (χ0n) is 11.5. The fourth-order valence-corrected chi connectivity index (χ4v) is 2.05. The van der Waals surface area contributed by atoms with E-state index in [0.717, 1.165) is 12.0 Å². The van der Waals surface area contributed by atoms with Crippen LogP contribution in [0.15, 0.2) is 18.2 Å². The van der Waals surface area contributed by atoms with E-state index < -0.39 is 17.1 Å². The van der Waals surface area contributed by atoms with Gasteiger partial charge in [-0.1, -0.05) is 13.0 Å². The number of ether oxygens (including phenoxy) is 2. The molecule has 2 unspecified atom stereocenters. The molecule has 0 amide bonds. The molecular formula is C14H17NO5. The summed E-state index contributed by atoms with van der Waals surface area (Å²) in [5.74, 6) is 0.177. The van der Waals surface area contributed by atoms with Crippen LogP contribution < -0.4 is 4.74 Å². The maximum Gasteiger partial charge on any atom is 0.310 e. The van der Waals surface area contributed by atoms with Crippen LogP contribution in [0.25, 0.3) is 0 Å². The Morgan fingerprint density at radius 1 is 1.45 bits per heavy atom. The van der Waals surface area contributed by atoms with Gasteiger partial charge in [-0.15, -0.1) is 0 Å². The maximum absolute atomic E-state index is 11.5. The van der Waals surface area contributed by atoms with Crippen molar-refractivity contribution in [2.75, 3.05) is 6.61 Å². The molecule has 0 bridgehead atoms. The summed E-state index contributed by atoms with van der Waals surface area (Å²) in [6, 6.07) is 4.67. The number of carbonyl (C=O) groups excluding carboxylic acids is 1. The van der Waals surface area contributed by atoms with Gasteiger partial charge in [-0.05, 0) is 25.0 Å². The average Bonchev–Trinajstić information content (AvgIpc) is 2.38. The van der Waals surface area contributed by atoms with Crippen molar-refractivity contribution in [1.29, 1.82) is 0 Å². The van der Waals surface area contributed by atoms with Gasteiger partial charge in [0.05, 0.1) is 4.92 Å². The van der Waals surface area contributed by atoms with Crippen molar-refractivity contribution in [3.05, 3.63) is 33.9 Å². The van der Waals surface area contributed by atoms with Crippen molar-refractivity contribution in [3.63, 3.8) is 0 Å². The molecule has 0 aromatic heterocycles. The second-order valence-corrected chi connectivity index (χ2v) is 4.85. The van der Waals surface area contributed by atoms with E-state index in [4.69, 9.17) is 9.47 Å². The molecule has 1 fully saturated rings. The Morgan fingerprint density at radius 3 is 2.80 bits per heavy atom. The van der Waals surface area contributed by atoms with Crippen LogP contribution in [0.4, 0.5) is 5.69 Å². The van der Waals surface area contributed by atoms with E-state index in [9.17, 15) is 14.9 Å². The van der Waals surface area contributed by atoms with E-state index in [1.54, 1.807) is 12.1 Å². The lowest BCUT2D eigenvalue weighted by Crippen LogP contribution is -2.52. The first-order chi connectivity index (χ1) is 9.52. The lowest BCUT2D eigenvalue weighted by Gasteiger charge is -2.34. The molecule has 108 valence electrons. The summed E-state index contributed by atoms with van der Waals surface area (Å²) in [7, 11) is 0. The van der Waals surface area contributed by atoms with Gasteiger partial charge in [0.15, 0.2) is 17.6 Å². The van der Waals surface area contributed by atoms with Gasteiger partial charge in [0.25, 0.3) is 0 Å². The molecule has 1 aliphatic rings. The lowest BCUT2D eigenvalue weighted by molar-refractivity contribution is -0.386. The normalized spacial score (nSPS) is 21.4. The number of benzene rings is 1. The van der Waals surface area contributed by atoms with E-state index >= 15 is 0 Å². The molecule has 2 rings (SSSR count). The minimum absolute atomic E-state index is 0.0150. The van der Waals surface area contributed by atoms with Crippen LogP contribution in [-0.2, 0) is 9.53 Å². The van der Waals surface area contributed by atoms with Crippen LogP contribution in [0.5, 0.6) is 5.75 Å². The third-order valence-electron chi connectivity index (χ3n) is 3.15. The molecule has 0 saturated heterocycles. The predicted octanol–water partition coefficient (Wildman–Crippen LogP) is 2.42. The van der Waals surface area contributed by atoms with Crippen molar-refractivity contribution in [1.82, 2.24) is 0 Å².